The van der Waals surface area contributed by atoms with Gasteiger partial charge in [0.15, 0.2) is 5.78 Å². The number of ketones is 1. The zero-order chi connectivity index (χ0) is 25.1. The summed E-state index contributed by atoms with van der Waals surface area (Å²) < 4.78 is 6.13. The highest BCUT2D eigenvalue weighted by atomic mass is 35.5. The summed E-state index contributed by atoms with van der Waals surface area (Å²) in [5.41, 5.74) is 2.09. The SMILES string of the molecule is O=C(CN1C(=O)S/C(=C/c2c(OCc3ccc(Cl)cc3)ccc3ccccc23)C1=O)c1ccccc1. The van der Waals surface area contributed by atoms with Gasteiger partial charge in [-0.1, -0.05) is 84.4 Å². The van der Waals surface area contributed by atoms with Crippen LogP contribution < -0.4 is 4.74 Å². The van der Waals surface area contributed by atoms with Gasteiger partial charge in [0, 0.05) is 16.1 Å². The number of Topliss-reactive ketones (excluding diaryl/α,β-unsaturated/α-hetero) is 1. The predicted octanol–water partition coefficient (Wildman–Crippen LogP) is 6.99. The molecule has 0 spiro atoms. The van der Waals surface area contributed by atoms with E-state index in [0.29, 0.717) is 28.5 Å². The molecule has 1 heterocycles. The summed E-state index contributed by atoms with van der Waals surface area (Å²) in [5.74, 6) is -0.210. The number of imide groups is 1. The highest BCUT2D eigenvalue weighted by Crippen LogP contribution is 2.37. The van der Waals surface area contributed by atoms with Crippen LogP contribution in [-0.2, 0) is 11.4 Å². The van der Waals surface area contributed by atoms with Gasteiger partial charge >= 0.3 is 0 Å². The third-order valence-electron chi connectivity index (χ3n) is 5.78. The maximum absolute atomic E-state index is 13.2. The lowest BCUT2D eigenvalue weighted by Crippen LogP contribution is -2.33. The summed E-state index contributed by atoms with van der Waals surface area (Å²) in [6.07, 6.45) is 1.68. The monoisotopic (exact) mass is 513 g/mol. The molecule has 0 N–H and O–H groups in total. The van der Waals surface area contributed by atoms with E-state index in [1.165, 1.54) is 0 Å². The Hall–Kier alpha value is -3.87. The van der Waals surface area contributed by atoms with Gasteiger partial charge in [0.25, 0.3) is 11.1 Å². The van der Waals surface area contributed by atoms with Crippen molar-refractivity contribution in [2.45, 2.75) is 6.61 Å². The first-order chi connectivity index (χ1) is 17.5. The molecule has 5 nitrogen and oxygen atoms in total. The summed E-state index contributed by atoms with van der Waals surface area (Å²) in [4.78, 5) is 39.7. The molecule has 5 rings (SSSR count). The van der Waals surface area contributed by atoms with Crippen LogP contribution in [0.1, 0.15) is 21.5 Å². The molecule has 4 aromatic rings. The molecule has 0 radical (unpaired) electrons. The molecule has 0 unspecified atom stereocenters. The lowest BCUT2D eigenvalue weighted by Gasteiger charge is -2.13. The number of rotatable bonds is 7. The van der Waals surface area contributed by atoms with Gasteiger partial charge in [-0.15, -0.1) is 0 Å². The number of nitrogens with zero attached hydrogens (tertiary/aromatic N) is 1. The van der Waals surface area contributed by atoms with Gasteiger partial charge in [0.2, 0.25) is 0 Å². The molecule has 1 aliphatic heterocycles. The molecule has 1 saturated heterocycles. The van der Waals surface area contributed by atoms with Crippen LogP contribution in [0.25, 0.3) is 16.8 Å². The summed E-state index contributed by atoms with van der Waals surface area (Å²) >= 11 is 6.81. The third-order valence-corrected chi connectivity index (χ3v) is 6.94. The fraction of sp³-hybridized carbons (Fsp3) is 0.0690. The number of carbonyl (C=O) groups is 3. The predicted molar refractivity (Wildman–Crippen MR) is 143 cm³/mol. The fourth-order valence-electron chi connectivity index (χ4n) is 3.92. The van der Waals surface area contributed by atoms with Crippen LogP contribution >= 0.6 is 23.4 Å². The normalized spacial score (nSPS) is 14.6. The molecule has 7 heteroatoms. The number of hydrogen-bond donors (Lipinski definition) is 0. The minimum Gasteiger partial charge on any atom is -0.488 e. The zero-order valence-electron chi connectivity index (χ0n) is 19.0. The second kappa shape index (κ2) is 10.4. The standard InChI is InChI=1S/C29H20ClNO4S/c30-22-13-10-19(11-14-22)18-35-26-15-12-20-6-4-5-9-23(20)24(26)16-27-28(33)31(29(34)36-27)17-25(32)21-7-2-1-3-8-21/h1-16H,17-18H2/b27-16+. The van der Waals surface area contributed by atoms with Crippen molar-refractivity contribution in [3.05, 3.63) is 118 Å². The minimum atomic E-state index is -0.495. The van der Waals surface area contributed by atoms with E-state index in [1.54, 1.807) is 48.5 Å². The molecule has 4 aromatic carbocycles. The van der Waals surface area contributed by atoms with E-state index in [4.69, 9.17) is 16.3 Å². The lowest BCUT2D eigenvalue weighted by molar-refractivity contribution is -0.122. The van der Waals surface area contributed by atoms with E-state index in [-0.39, 0.29) is 17.2 Å². The van der Waals surface area contributed by atoms with Crippen molar-refractivity contribution in [1.29, 1.82) is 0 Å². The quantitative estimate of drug-likeness (QED) is 0.197. The maximum atomic E-state index is 13.2. The molecule has 178 valence electrons. The molecule has 0 aromatic heterocycles. The van der Waals surface area contributed by atoms with Gasteiger partial charge in [-0.2, -0.15) is 0 Å². The molecule has 0 bridgehead atoms. The lowest BCUT2D eigenvalue weighted by atomic mass is 10.0. The first-order valence-corrected chi connectivity index (χ1v) is 12.4. The molecule has 36 heavy (non-hydrogen) atoms. The molecule has 0 atom stereocenters. The molecular weight excluding hydrogens is 494 g/mol. The Bertz CT molecular complexity index is 1500. The van der Waals surface area contributed by atoms with Crippen LogP contribution in [0.15, 0.2) is 95.9 Å². The highest BCUT2D eigenvalue weighted by molar-refractivity contribution is 8.18. The number of ether oxygens (including phenoxy) is 1. The largest absolute Gasteiger partial charge is 0.488 e. The Kier molecular flexibility index (Phi) is 6.89. The van der Waals surface area contributed by atoms with Crippen LogP contribution in [0, 0.1) is 0 Å². The topological polar surface area (TPSA) is 63.7 Å². The van der Waals surface area contributed by atoms with E-state index in [2.05, 4.69) is 0 Å². The first kappa shape index (κ1) is 23.9. The Balaban J connectivity index is 1.45. The molecule has 0 saturated carbocycles. The van der Waals surface area contributed by atoms with Crippen molar-refractivity contribution in [3.8, 4) is 5.75 Å². The first-order valence-electron chi connectivity index (χ1n) is 11.2. The zero-order valence-corrected chi connectivity index (χ0v) is 20.6. The number of benzene rings is 4. The summed E-state index contributed by atoms with van der Waals surface area (Å²) in [7, 11) is 0. The number of thioether (sulfide) groups is 1. The fourth-order valence-corrected chi connectivity index (χ4v) is 4.86. The van der Waals surface area contributed by atoms with Crippen LogP contribution in [0.5, 0.6) is 5.75 Å². The minimum absolute atomic E-state index is 0.244. The molecule has 2 amide bonds. The number of halogens is 1. The van der Waals surface area contributed by atoms with E-state index < -0.39 is 11.1 Å². The summed E-state index contributed by atoms with van der Waals surface area (Å²) in [6, 6.07) is 27.6. The van der Waals surface area contributed by atoms with Gasteiger partial charge in [-0.05, 0) is 52.4 Å². The number of amides is 2. The average molecular weight is 514 g/mol. The Morgan fingerprint density at radius 1 is 0.889 bits per heavy atom. The van der Waals surface area contributed by atoms with Crippen molar-refractivity contribution in [2.75, 3.05) is 6.54 Å². The second-order valence-corrected chi connectivity index (χ2v) is 9.60. The van der Waals surface area contributed by atoms with Crippen LogP contribution in [0.4, 0.5) is 4.79 Å². The van der Waals surface area contributed by atoms with E-state index in [9.17, 15) is 14.4 Å². The highest BCUT2D eigenvalue weighted by Gasteiger charge is 2.36. The Morgan fingerprint density at radius 2 is 1.61 bits per heavy atom. The van der Waals surface area contributed by atoms with Gasteiger partial charge in [0.1, 0.15) is 12.4 Å². The van der Waals surface area contributed by atoms with Crippen molar-refractivity contribution in [1.82, 2.24) is 4.90 Å². The summed E-state index contributed by atoms with van der Waals surface area (Å²) in [6.45, 7) is 0.00485. The van der Waals surface area contributed by atoms with Crippen molar-refractivity contribution in [3.63, 3.8) is 0 Å². The van der Waals surface area contributed by atoms with E-state index >= 15 is 0 Å². The molecular formula is C29H20ClNO4S. The van der Waals surface area contributed by atoms with E-state index in [1.807, 2.05) is 48.5 Å². The third kappa shape index (κ3) is 5.05. The maximum Gasteiger partial charge on any atom is 0.293 e. The smallest absolute Gasteiger partial charge is 0.293 e. The average Bonchev–Trinajstić information content (AvgIpc) is 3.17. The van der Waals surface area contributed by atoms with Crippen molar-refractivity contribution < 1.29 is 19.1 Å². The Labute approximate surface area is 217 Å². The molecule has 1 fully saturated rings. The van der Waals surface area contributed by atoms with Crippen molar-refractivity contribution in [2.24, 2.45) is 0 Å². The van der Waals surface area contributed by atoms with Gasteiger partial charge in [0.05, 0.1) is 11.4 Å². The van der Waals surface area contributed by atoms with Crippen LogP contribution in [-0.4, -0.2) is 28.4 Å². The van der Waals surface area contributed by atoms with Crippen molar-refractivity contribution >= 4 is 57.1 Å². The van der Waals surface area contributed by atoms with Gasteiger partial charge in [-0.25, -0.2) is 0 Å². The Morgan fingerprint density at radius 3 is 2.39 bits per heavy atom. The van der Waals surface area contributed by atoms with E-state index in [0.717, 1.165) is 33.0 Å². The van der Waals surface area contributed by atoms with Crippen LogP contribution in [0.2, 0.25) is 5.02 Å². The second-order valence-electron chi connectivity index (χ2n) is 8.17. The molecule has 0 aliphatic carbocycles. The van der Waals surface area contributed by atoms with Crippen LogP contribution in [0.3, 0.4) is 0 Å². The van der Waals surface area contributed by atoms with Gasteiger partial charge < -0.3 is 4.74 Å². The number of hydrogen-bond acceptors (Lipinski definition) is 5. The summed E-state index contributed by atoms with van der Waals surface area (Å²) in [5, 5.41) is 2.03. The number of fused-ring (bicyclic) bond motifs is 1. The molecule has 1 aliphatic rings. The van der Waals surface area contributed by atoms with Gasteiger partial charge in [-0.3, -0.25) is 19.3 Å². The number of carbonyl (C=O) groups excluding carboxylic acids is 3.